The second kappa shape index (κ2) is 4.73. The molecule has 0 aliphatic carbocycles. The Morgan fingerprint density at radius 3 is 2.56 bits per heavy atom. The van der Waals surface area contributed by atoms with Gasteiger partial charge in [0, 0.05) is 6.54 Å². The molecule has 88 valence electrons. The van der Waals surface area contributed by atoms with E-state index in [2.05, 4.69) is 31.0 Å². The van der Waals surface area contributed by atoms with Crippen LogP contribution in [-0.4, -0.2) is 9.55 Å². The number of hydrogen-bond donors (Lipinski definition) is 0. The summed E-state index contributed by atoms with van der Waals surface area (Å²) in [5, 5.41) is 17.9. The summed E-state index contributed by atoms with van der Waals surface area (Å²) < 4.78 is 1.70. The van der Waals surface area contributed by atoms with Gasteiger partial charge in [0.15, 0.2) is 11.4 Å². The molecule has 0 atom stereocenters. The first-order valence-electron chi connectivity index (χ1n) is 5.57. The van der Waals surface area contributed by atoms with E-state index >= 15 is 0 Å². The van der Waals surface area contributed by atoms with Crippen LogP contribution < -0.4 is 0 Å². The van der Waals surface area contributed by atoms with Crippen molar-refractivity contribution in [2.75, 3.05) is 0 Å². The molecule has 0 radical (unpaired) electrons. The molecule has 0 saturated carbocycles. The lowest BCUT2D eigenvalue weighted by Crippen LogP contribution is -2.02. The van der Waals surface area contributed by atoms with Crippen molar-refractivity contribution in [3.05, 3.63) is 52.6 Å². The van der Waals surface area contributed by atoms with Gasteiger partial charge in [-0.15, -0.1) is 0 Å². The fraction of sp³-hybridized carbons (Fsp3) is 0.214. The van der Waals surface area contributed by atoms with E-state index in [0.29, 0.717) is 12.2 Å². The maximum Gasteiger partial charge on any atom is 0.176 e. The number of aryl methyl sites for hydroxylation is 2. The lowest BCUT2D eigenvalue weighted by atomic mass is 10.1. The first-order valence-corrected chi connectivity index (χ1v) is 5.57. The van der Waals surface area contributed by atoms with Gasteiger partial charge in [0.2, 0.25) is 0 Å². The fourth-order valence-electron chi connectivity index (χ4n) is 1.80. The minimum Gasteiger partial charge on any atom is -0.317 e. The molecule has 2 rings (SSSR count). The zero-order chi connectivity index (χ0) is 13.1. The number of hydrogen-bond acceptors (Lipinski definition) is 3. The molecule has 0 aliphatic heterocycles. The highest BCUT2D eigenvalue weighted by Gasteiger charge is 2.10. The van der Waals surface area contributed by atoms with Crippen LogP contribution >= 0.6 is 0 Å². The van der Waals surface area contributed by atoms with E-state index < -0.39 is 0 Å². The van der Waals surface area contributed by atoms with Gasteiger partial charge in [-0.05, 0) is 30.5 Å². The van der Waals surface area contributed by atoms with Crippen LogP contribution in [0.15, 0.2) is 24.5 Å². The van der Waals surface area contributed by atoms with Crippen molar-refractivity contribution >= 4 is 0 Å². The number of nitrogens with zero attached hydrogens (tertiary/aromatic N) is 4. The Balaban J connectivity index is 2.35. The van der Waals surface area contributed by atoms with Crippen molar-refractivity contribution in [2.45, 2.75) is 20.4 Å². The number of rotatable bonds is 2. The number of benzene rings is 1. The number of nitriles is 2. The number of imidazole rings is 1. The predicted molar refractivity (Wildman–Crippen MR) is 66.7 cm³/mol. The maximum atomic E-state index is 9.03. The van der Waals surface area contributed by atoms with Gasteiger partial charge in [0.1, 0.15) is 12.1 Å². The van der Waals surface area contributed by atoms with E-state index in [4.69, 9.17) is 10.5 Å². The SMILES string of the molecule is Cc1ccc(Cn2cnc(C#N)c2C#N)cc1C. The molecular formula is C14H12N4. The Bertz CT molecular complexity index is 668. The number of aromatic nitrogens is 2. The zero-order valence-corrected chi connectivity index (χ0v) is 10.3. The minimum absolute atomic E-state index is 0.182. The largest absolute Gasteiger partial charge is 0.317 e. The van der Waals surface area contributed by atoms with Crippen molar-refractivity contribution in [3.63, 3.8) is 0 Å². The first kappa shape index (κ1) is 11.9. The Hall–Kier alpha value is -2.59. The fourth-order valence-corrected chi connectivity index (χ4v) is 1.80. The molecular weight excluding hydrogens is 224 g/mol. The summed E-state index contributed by atoms with van der Waals surface area (Å²) in [5.74, 6) is 0. The topological polar surface area (TPSA) is 65.4 Å². The van der Waals surface area contributed by atoms with Gasteiger partial charge in [0.25, 0.3) is 0 Å². The Morgan fingerprint density at radius 1 is 1.17 bits per heavy atom. The molecule has 0 unspecified atom stereocenters. The van der Waals surface area contributed by atoms with Gasteiger partial charge >= 0.3 is 0 Å². The molecule has 1 aromatic carbocycles. The minimum atomic E-state index is 0.182. The quantitative estimate of drug-likeness (QED) is 0.803. The van der Waals surface area contributed by atoms with Gasteiger partial charge in [-0.3, -0.25) is 0 Å². The maximum absolute atomic E-state index is 9.03. The molecule has 18 heavy (non-hydrogen) atoms. The highest BCUT2D eigenvalue weighted by molar-refractivity contribution is 5.37. The summed E-state index contributed by atoms with van der Waals surface area (Å²) in [6.45, 7) is 4.67. The summed E-state index contributed by atoms with van der Waals surface area (Å²) in [6, 6.07) is 10.1. The van der Waals surface area contributed by atoms with Crippen LogP contribution in [0, 0.1) is 36.5 Å². The van der Waals surface area contributed by atoms with E-state index in [9.17, 15) is 0 Å². The lowest BCUT2D eigenvalue weighted by Gasteiger charge is -2.06. The normalized spacial score (nSPS) is 9.78. The molecule has 0 N–H and O–H groups in total. The summed E-state index contributed by atoms with van der Waals surface area (Å²) >= 11 is 0. The van der Waals surface area contributed by atoms with Crippen LogP contribution in [0.4, 0.5) is 0 Å². The van der Waals surface area contributed by atoms with Crippen LogP contribution in [0.3, 0.4) is 0 Å². The molecule has 0 saturated heterocycles. The molecule has 0 spiro atoms. The third-order valence-corrected chi connectivity index (χ3v) is 2.97. The molecule has 0 aliphatic rings. The highest BCUT2D eigenvalue weighted by atomic mass is 15.1. The molecule has 1 aromatic heterocycles. The van der Waals surface area contributed by atoms with Crippen LogP contribution in [-0.2, 0) is 6.54 Å². The summed E-state index contributed by atoms with van der Waals surface area (Å²) in [5.41, 5.74) is 4.04. The first-order chi connectivity index (χ1) is 8.65. The smallest absolute Gasteiger partial charge is 0.176 e. The summed E-state index contributed by atoms with van der Waals surface area (Å²) in [4.78, 5) is 3.92. The van der Waals surface area contributed by atoms with Gasteiger partial charge < -0.3 is 4.57 Å². The average molecular weight is 236 g/mol. The zero-order valence-electron chi connectivity index (χ0n) is 10.3. The molecule has 4 nitrogen and oxygen atoms in total. The summed E-state index contributed by atoms with van der Waals surface area (Å²) in [7, 11) is 0. The van der Waals surface area contributed by atoms with Crippen molar-refractivity contribution in [3.8, 4) is 12.1 Å². The van der Waals surface area contributed by atoms with E-state index in [1.165, 1.54) is 17.5 Å². The van der Waals surface area contributed by atoms with Crippen molar-refractivity contribution < 1.29 is 0 Å². The van der Waals surface area contributed by atoms with Crippen molar-refractivity contribution in [1.82, 2.24) is 9.55 Å². The van der Waals surface area contributed by atoms with Gasteiger partial charge in [0.05, 0.1) is 6.33 Å². The standard InChI is InChI=1S/C14H12N4/c1-10-3-4-12(5-11(10)2)8-18-9-17-13(6-15)14(18)7-16/h3-5,9H,8H2,1-2H3. The van der Waals surface area contributed by atoms with Crippen LogP contribution in [0.5, 0.6) is 0 Å². The third-order valence-electron chi connectivity index (χ3n) is 2.97. The molecule has 2 aromatic rings. The Labute approximate surface area is 106 Å². The van der Waals surface area contributed by atoms with E-state index in [1.54, 1.807) is 4.57 Å². The second-order valence-electron chi connectivity index (χ2n) is 4.21. The van der Waals surface area contributed by atoms with E-state index in [-0.39, 0.29) is 5.69 Å². The monoisotopic (exact) mass is 236 g/mol. The van der Waals surface area contributed by atoms with Crippen LogP contribution in [0.25, 0.3) is 0 Å². The van der Waals surface area contributed by atoms with Gasteiger partial charge in [-0.2, -0.15) is 10.5 Å². The van der Waals surface area contributed by atoms with E-state index in [1.807, 2.05) is 18.2 Å². The van der Waals surface area contributed by atoms with Crippen LogP contribution in [0.2, 0.25) is 0 Å². The third kappa shape index (κ3) is 2.09. The van der Waals surface area contributed by atoms with Crippen LogP contribution in [0.1, 0.15) is 28.1 Å². The lowest BCUT2D eigenvalue weighted by molar-refractivity contribution is 0.784. The predicted octanol–water partition coefficient (Wildman–Crippen LogP) is 2.29. The molecule has 4 heteroatoms. The van der Waals surface area contributed by atoms with Crippen molar-refractivity contribution in [2.24, 2.45) is 0 Å². The Kier molecular flexibility index (Phi) is 3.12. The van der Waals surface area contributed by atoms with Gasteiger partial charge in [-0.25, -0.2) is 4.98 Å². The highest BCUT2D eigenvalue weighted by Crippen LogP contribution is 2.13. The molecule has 0 fully saturated rings. The summed E-state index contributed by atoms with van der Waals surface area (Å²) in [6.07, 6.45) is 1.53. The van der Waals surface area contributed by atoms with Gasteiger partial charge in [-0.1, -0.05) is 18.2 Å². The molecule has 0 bridgehead atoms. The Morgan fingerprint density at radius 2 is 1.94 bits per heavy atom. The second-order valence-corrected chi connectivity index (χ2v) is 4.21. The molecule has 1 heterocycles. The average Bonchev–Trinajstić information content (AvgIpc) is 2.75. The van der Waals surface area contributed by atoms with Crippen molar-refractivity contribution in [1.29, 1.82) is 10.5 Å². The molecule has 0 amide bonds. The van der Waals surface area contributed by atoms with E-state index in [0.717, 1.165) is 5.56 Å².